The fourth-order valence-electron chi connectivity index (χ4n) is 2.00. The summed E-state index contributed by atoms with van der Waals surface area (Å²) >= 11 is 0. The van der Waals surface area contributed by atoms with E-state index >= 15 is 0 Å². The minimum Gasteiger partial charge on any atom is -0.481 e. The molecule has 1 saturated heterocycles. The van der Waals surface area contributed by atoms with Crippen molar-refractivity contribution in [1.29, 1.82) is 0 Å². The molecule has 5 nitrogen and oxygen atoms in total. The van der Waals surface area contributed by atoms with Gasteiger partial charge in [0.15, 0.2) is 0 Å². The van der Waals surface area contributed by atoms with E-state index in [9.17, 15) is 5.11 Å². The largest absolute Gasteiger partial charge is 0.481 e. The Labute approximate surface area is 94.3 Å². The number of hydrogen-bond acceptors (Lipinski definition) is 5. The normalized spacial score (nSPS) is 24.8. The Kier molecular flexibility index (Phi) is 3.26. The second-order valence-corrected chi connectivity index (χ2v) is 3.97. The predicted octanol–water partition coefficient (Wildman–Crippen LogP) is 0.227. The third kappa shape index (κ3) is 2.10. The van der Waals surface area contributed by atoms with E-state index in [0.29, 0.717) is 18.8 Å². The monoisotopic (exact) mass is 224 g/mol. The summed E-state index contributed by atoms with van der Waals surface area (Å²) in [6.45, 7) is 0.764. The summed E-state index contributed by atoms with van der Waals surface area (Å²) < 4.78 is 5.03. The average molecular weight is 224 g/mol. The molecule has 1 aliphatic heterocycles. The number of rotatable bonds is 3. The van der Waals surface area contributed by atoms with Gasteiger partial charge >= 0.3 is 0 Å². The van der Waals surface area contributed by atoms with Gasteiger partial charge in [-0.3, -0.25) is 0 Å². The number of pyridine rings is 1. The van der Waals surface area contributed by atoms with Gasteiger partial charge in [-0.15, -0.1) is 0 Å². The van der Waals surface area contributed by atoms with Gasteiger partial charge in [-0.1, -0.05) is 0 Å². The summed E-state index contributed by atoms with van der Waals surface area (Å²) in [5, 5.41) is 18.9. The van der Waals surface area contributed by atoms with E-state index in [1.54, 1.807) is 19.4 Å². The summed E-state index contributed by atoms with van der Waals surface area (Å²) in [6, 6.07) is 3.61. The fraction of sp³-hybridized carbons (Fsp3) is 0.545. The molecule has 0 aliphatic carbocycles. The van der Waals surface area contributed by atoms with Crippen molar-refractivity contribution in [2.75, 3.05) is 25.2 Å². The van der Waals surface area contributed by atoms with Gasteiger partial charge in [0.25, 0.3) is 0 Å². The van der Waals surface area contributed by atoms with Crippen LogP contribution < -0.4 is 9.64 Å². The molecule has 0 bridgehead atoms. The molecule has 2 atom stereocenters. The first-order valence-electron chi connectivity index (χ1n) is 5.30. The Hall–Kier alpha value is -1.33. The van der Waals surface area contributed by atoms with Crippen molar-refractivity contribution >= 4 is 5.69 Å². The van der Waals surface area contributed by atoms with Gasteiger partial charge < -0.3 is 19.8 Å². The van der Waals surface area contributed by atoms with E-state index in [4.69, 9.17) is 9.84 Å². The van der Waals surface area contributed by atoms with Crippen LogP contribution in [0.15, 0.2) is 18.3 Å². The van der Waals surface area contributed by atoms with Gasteiger partial charge in [-0.25, -0.2) is 4.98 Å². The fourth-order valence-corrected chi connectivity index (χ4v) is 2.00. The van der Waals surface area contributed by atoms with Gasteiger partial charge in [0.2, 0.25) is 5.88 Å². The van der Waals surface area contributed by atoms with Crippen molar-refractivity contribution < 1.29 is 14.9 Å². The number of aliphatic hydroxyl groups excluding tert-OH is 2. The Morgan fingerprint density at radius 3 is 3.06 bits per heavy atom. The van der Waals surface area contributed by atoms with Crippen molar-refractivity contribution in [2.45, 2.75) is 12.6 Å². The number of anilines is 1. The molecule has 16 heavy (non-hydrogen) atoms. The first-order chi connectivity index (χ1) is 7.74. The molecule has 2 unspecified atom stereocenters. The molecule has 2 heterocycles. The van der Waals surface area contributed by atoms with Gasteiger partial charge in [0.05, 0.1) is 7.11 Å². The summed E-state index contributed by atoms with van der Waals surface area (Å²) in [4.78, 5) is 5.87. The average Bonchev–Trinajstić information content (AvgIpc) is 2.71. The molecule has 2 rings (SSSR count). The van der Waals surface area contributed by atoms with Crippen LogP contribution in [0.2, 0.25) is 0 Å². The minimum absolute atomic E-state index is 0.107. The topological polar surface area (TPSA) is 65.8 Å². The van der Waals surface area contributed by atoms with E-state index < -0.39 is 6.23 Å². The third-order valence-electron chi connectivity index (χ3n) is 2.88. The predicted molar refractivity (Wildman–Crippen MR) is 59.3 cm³/mol. The molecular formula is C11H16N2O3. The molecule has 1 aromatic heterocycles. The van der Waals surface area contributed by atoms with Crippen LogP contribution in [0.5, 0.6) is 5.88 Å². The van der Waals surface area contributed by atoms with Crippen LogP contribution in [-0.4, -0.2) is 41.7 Å². The Morgan fingerprint density at radius 2 is 2.44 bits per heavy atom. The van der Waals surface area contributed by atoms with Crippen LogP contribution in [-0.2, 0) is 0 Å². The summed E-state index contributed by atoms with van der Waals surface area (Å²) in [5.74, 6) is 0.659. The molecule has 2 N–H and O–H groups in total. The lowest BCUT2D eigenvalue weighted by molar-refractivity contribution is 0.164. The smallest absolute Gasteiger partial charge is 0.214 e. The molecule has 5 heteroatoms. The van der Waals surface area contributed by atoms with Crippen LogP contribution >= 0.6 is 0 Å². The third-order valence-corrected chi connectivity index (χ3v) is 2.88. The zero-order valence-electron chi connectivity index (χ0n) is 9.21. The molecule has 0 saturated carbocycles. The molecule has 1 aliphatic rings. The van der Waals surface area contributed by atoms with Crippen LogP contribution in [0.1, 0.15) is 6.42 Å². The van der Waals surface area contributed by atoms with Crippen LogP contribution in [0.25, 0.3) is 0 Å². The van der Waals surface area contributed by atoms with E-state index in [0.717, 1.165) is 5.69 Å². The zero-order chi connectivity index (χ0) is 11.5. The molecule has 0 spiro atoms. The van der Waals surface area contributed by atoms with Crippen molar-refractivity contribution in [3.05, 3.63) is 18.3 Å². The lowest BCUT2D eigenvalue weighted by Gasteiger charge is -2.22. The molecule has 88 valence electrons. The van der Waals surface area contributed by atoms with Crippen molar-refractivity contribution in [3.8, 4) is 5.88 Å². The van der Waals surface area contributed by atoms with Gasteiger partial charge in [-0.05, 0) is 12.5 Å². The van der Waals surface area contributed by atoms with Crippen LogP contribution in [0.3, 0.4) is 0 Å². The maximum absolute atomic E-state index is 9.86. The van der Waals surface area contributed by atoms with E-state index in [-0.39, 0.29) is 12.5 Å². The number of hydrogen-bond donors (Lipinski definition) is 2. The summed E-state index contributed by atoms with van der Waals surface area (Å²) in [7, 11) is 1.56. The number of aromatic nitrogens is 1. The maximum atomic E-state index is 9.86. The van der Waals surface area contributed by atoms with E-state index in [2.05, 4.69) is 4.98 Å². The van der Waals surface area contributed by atoms with Crippen molar-refractivity contribution in [1.82, 2.24) is 4.98 Å². The molecule has 1 aromatic rings. The summed E-state index contributed by atoms with van der Waals surface area (Å²) in [6.07, 6.45) is 1.71. The second kappa shape index (κ2) is 4.67. The van der Waals surface area contributed by atoms with Gasteiger partial charge in [0.1, 0.15) is 6.23 Å². The highest BCUT2D eigenvalue weighted by Gasteiger charge is 2.30. The Balaban J connectivity index is 2.17. The first-order valence-corrected chi connectivity index (χ1v) is 5.30. The van der Waals surface area contributed by atoms with Gasteiger partial charge in [0, 0.05) is 37.0 Å². The zero-order valence-corrected chi connectivity index (χ0v) is 9.21. The standard InChI is InChI=1S/C11H16N2O3/c1-16-10-5-9(2-3-12-10)13-6-8(7-14)4-11(13)15/h2-3,5,8,11,14-15H,4,6-7H2,1H3. The van der Waals surface area contributed by atoms with Crippen LogP contribution in [0.4, 0.5) is 5.69 Å². The SMILES string of the molecule is COc1cc(N2CC(CO)CC2O)ccn1. The molecule has 1 fully saturated rings. The Morgan fingerprint density at radius 1 is 1.62 bits per heavy atom. The first kappa shape index (κ1) is 11.2. The lowest BCUT2D eigenvalue weighted by atomic mass is 10.1. The maximum Gasteiger partial charge on any atom is 0.214 e. The lowest BCUT2D eigenvalue weighted by Crippen LogP contribution is -2.29. The second-order valence-electron chi connectivity index (χ2n) is 3.97. The number of aliphatic hydroxyl groups is 2. The quantitative estimate of drug-likeness (QED) is 0.769. The number of ether oxygens (including phenoxy) is 1. The van der Waals surface area contributed by atoms with Crippen molar-refractivity contribution in [3.63, 3.8) is 0 Å². The van der Waals surface area contributed by atoms with E-state index in [1.165, 1.54) is 0 Å². The Bertz CT molecular complexity index is 359. The highest BCUT2D eigenvalue weighted by molar-refractivity contribution is 5.49. The minimum atomic E-state index is -0.538. The molecule has 0 amide bonds. The number of methoxy groups -OCH3 is 1. The van der Waals surface area contributed by atoms with Crippen LogP contribution in [0, 0.1) is 5.92 Å². The van der Waals surface area contributed by atoms with Gasteiger partial charge in [-0.2, -0.15) is 0 Å². The molecule has 0 radical (unpaired) electrons. The highest BCUT2D eigenvalue weighted by atomic mass is 16.5. The molecular weight excluding hydrogens is 208 g/mol. The number of nitrogens with zero attached hydrogens (tertiary/aromatic N) is 2. The highest BCUT2D eigenvalue weighted by Crippen LogP contribution is 2.28. The van der Waals surface area contributed by atoms with E-state index in [1.807, 2.05) is 11.0 Å². The summed E-state index contributed by atoms with van der Waals surface area (Å²) in [5.41, 5.74) is 0.871. The molecule has 0 aromatic carbocycles. The van der Waals surface area contributed by atoms with Crippen molar-refractivity contribution in [2.24, 2.45) is 5.92 Å².